The van der Waals surface area contributed by atoms with Crippen molar-refractivity contribution in [2.75, 3.05) is 11.9 Å². The van der Waals surface area contributed by atoms with Crippen molar-refractivity contribution >= 4 is 17.6 Å². The molecule has 0 fully saturated rings. The van der Waals surface area contributed by atoms with Gasteiger partial charge in [0, 0.05) is 5.69 Å². The van der Waals surface area contributed by atoms with Crippen LogP contribution in [0.4, 0.5) is 5.69 Å². The van der Waals surface area contributed by atoms with E-state index in [1.807, 2.05) is 18.2 Å². The molecule has 32 heavy (non-hydrogen) atoms. The number of ether oxygens (including phenoxy) is 1. The molecule has 0 aliphatic carbocycles. The predicted molar refractivity (Wildman–Crippen MR) is 126 cm³/mol. The molecule has 0 heterocycles. The minimum Gasteiger partial charge on any atom is -0.494 e. The van der Waals surface area contributed by atoms with Gasteiger partial charge in [0.15, 0.2) is 0 Å². The van der Waals surface area contributed by atoms with Crippen LogP contribution in [0, 0.1) is 0 Å². The number of carbonyl (C=O) groups excluding carboxylic acids is 1. The van der Waals surface area contributed by atoms with Crippen LogP contribution in [0.1, 0.15) is 24.8 Å². The van der Waals surface area contributed by atoms with E-state index in [9.17, 15) is 9.59 Å². The fourth-order valence-electron chi connectivity index (χ4n) is 3.27. The minimum atomic E-state index is -1.11. The van der Waals surface area contributed by atoms with Crippen LogP contribution in [0.15, 0.2) is 78.9 Å². The van der Waals surface area contributed by atoms with Crippen LogP contribution in [-0.2, 0) is 16.0 Å². The van der Waals surface area contributed by atoms with Gasteiger partial charge in [-0.3, -0.25) is 9.59 Å². The zero-order chi connectivity index (χ0) is 22.8. The van der Waals surface area contributed by atoms with Gasteiger partial charge < -0.3 is 20.9 Å². The Bertz CT molecular complexity index is 1000. The average molecular weight is 433 g/mol. The Kier molecular flexibility index (Phi) is 8.40. The molecule has 3 aromatic rings. The number of anilines is 1. The van der Waals surface area contributed by atoms with Gasteiger partial charge in [-0.05, 0) is 60.2 Å². The maximum absolute atomic E-state index is 11.9. The van der Waals surface area contributed by atoms with E-state index in [4.69, 9.17) is 15.6 Å². The lowest BCUT2D eigenvalue weighted by molar-refractivity contribution is -0.138. The van der Waals surface area contributed by atoms with Crippen LogP contribution in [0.3, 0.4) is 0 Å². The van der Waals surface area contributed by atoms with E-state index in [1.54, 1.807) is 24.3 Å². The van der Waals surface area contributed by atoms with Gasteiger partial charge in [-0.1, -0.05) is 54.6 Å². The molecular weight excluding hydrogens is 404 g/mol. The van der Waals surface area contributed by atoms with Crippen LogP contribution in [0.25, 0.3) is 11.1 Å². The molecule has 6 nitrogen and oxygen atoms in total. The van der Waals surface area contributed by atoms with Crippen molar-refractivity contribution in [1.29, 1.82) is 0 Å². The zero-order valence-corrected chi connectivity index (χ0v) is 17.9. The number of carboxylic acids is 1. The van der Waals surface area contributed by atoms with Crippen LogP contribution in [0.5, 0.6) is 5.75 Å². The predicted octanol–water partition coefficient (Wildman–Crippen LogP) is 4.50. The minimum absolute atomic E-state index is 0.413. The molecule has 0 radical (unpaired) electrons. The molecule has 6 heteroatoms. The van der Waals surface area contributed by atoms with Gasteiger partial charge in [-0.2, -0.15) is 0 Å². The second-order valence-corrected chi connectivity index (χ2v) is 7.59. The first-order valence-electron chi connectivity index (χ1n) is 10.7. The smallest absolute Gasteiger partial charge is 0.305 e. The normalized spacial score (nSPS) is 11.5. The molecule has 0 saturated carbocycles. The second kappa shape index (κ2) is 11.7. The van der Waals surface area contributed by atoms with Gasteiger partial charge in [-0.25, -0.2) is 0 Å². The molecule has 0 aromatic heterocycles. The molecular formula is C26H28N2O4. The molecule has 3 aromatic carbocycles. The molecule has 4 N–H and O–H groups in total. The van der Waals surface area contributed by atoms with E-state index in [-0.39, 0.29) is 0 Å². The first-order chi connectivity index (χ1) is 15.5. The van der Waals surface area contributed by atoms with Crippen LogP contribution < -0.4 is 15.8 Å². The van der Waals surface area contributed by atoms with Crippen molar-refractivity contribution in [1.82, 2.24) is 0 Å². The molecule has 1 atom stereocenters. The lowest BCUT2D eigenvalue weighted by Crippen LogP contribution is -2.37. The molecule has 0 bridgehead atoms. The number of aryl methyl sites for hydroxylation is 1. The zero-order valence-electron chi connectivity index (χ0n) is 17.9. The number of carboxylic acid groups (broad SMARTS) is 1. The molecule has 166 valence electrons. The summed E-state index contributed by atoms with van der Waals surface area (Å²) in [5, 5.41) is 11.3. The Morgan fingerprint density at radius 1 is 0.875 bits per heavy atom. The van der Waals surface area contributed by atoms with E-state index in [1.165, 1.54) is 16.7 Å². The summed E-state index contributed by atoms with van der Waals surface area (Å²) in [6.07, 6.45) is 2.55. The van der Waals surface area contributed by atoms with E-state index in [2.05, 4.69) is 41.7 Å². The van der Waals surface area contributed by atoms with Crippen molar-refractivity contribution < 1.29 is 19.4 Å². The number of aliphatic carboxylic acids is 1. The summed E-state index contributed by atoms with van der Waals surface area (Å²) in [5.41, 5.74) is 9.85. The highest BCUT2D eigenvalue weighted by molar-refractivity contribution is 5.96. The third kappa shape index (κ3) is 7.25. The fraction of sp³-hybridized carbons (Fsp3) is 0.231. The summed E-state index contributed by atoms with van der Waals surface area (Å²) < 4.78 is 5.77. The van der Waals surface area contributed by atoms with Crippen LogP contribution >= 0.6 is 0 Å². The summed E-state index contributed by atoms with van der Waals surface area (Å²) in [4.78, 5) is 22.5. The standard InChI is InChI=1S/C26H28N2O4/c27-24(18-25(29)30)26(31)28-22-13-15-23(16-14-22)32-17-5-4-6-19-9-11-21(12-10-19)20-7-2-1-3-8-20/h1-3,7-16,24H,4-6,17-18,27H2,(H,28,31)(H,29,30)/t24-/m0/s1. The Labute approximate surface area is 188 Å². The van der Waals surface area contributed by atoms with Gasteiger partial charge in [0.2, 0.25) is 5.91 Å². The van der Waals surface area contributed by atoms with Gasteiger partial charge >= 0.3 is 5.97 Å². The quantitative estimate of drug-likeness (QED) is 0.387. The second-order valence-electron chi connectivity index (χ2n) is 7.59. The maximum Gasteiger partial charge on any atom is 0.305 e. The highest BCUT2D eigenvalue weighted by atomic mass is 16.5. The van der Waals surface area contributed by atoms with E-state index < -0.39 is 24.3 Å². The van der Waals surface area contributed by atoms with Crippen LogP contribution in [0.2, 0.25) is 0 Å². The summed E-state index contributed by atoms with van der Waals surface area (Å²) in [6.45, 7) is 0.608. The van der Waals surface area contributed by atoms with Crippen molar-refractivity contribution in [2.24, 2.45) is 5.73 Å². The first kappa shape index (κ1) is 23.0. The highest BCUT2D eigenvalue weighted by Gasteiger charge is 2.16. The average Bonchev–Trinajstić information content (AvgIpc) is 2.80. The summed E-state index contributed by atoms with van der Waals surface area (Å²) in [7, 11) is 0. The fourth-order valence-corrected chi connectivity index (χ4v) is 3.27. The van der Waals surface area contributed by atoms with Crippen LogP contribution in [-0.4, -0.2) is 29.6 Å². The Morgan fingerprint density at radius 3 is 2.19 bits per heavy atom. The number of unbranched alkanes of at least 4 members (excludes halogenated alkanes) is 1. The first-order valence-corrected chi connectivity index (χ1v) is 10.7. The molecule has 0 aliphatic rings. The summed E-state index contributed by atoms with van der Waals surface area (Å²) in [5.74, 6) is -0.927. The van der Waals surface area contributed by atoms with E-state index >= 15 is 0 Å². The number of hydrogen-bond acceptors (Lipinski definition) is 4. The Morgan fingerprint density at radius 2 is 1.53 bits per heavy atom. The molecule has 0 unspecified atom stereocenters. The largest absolute Gasteiger partial charge is 0.494 e. The van der Waals surface area contributed by atoms with Crippen molar-refractivity contribution in [2.45, 2.75) is 31.7 Å². The number of nitrogens with one attached hydrogen (secondary N) is 1. The molecule has 0 saturated heterocycles. The number of rotatable bonds is 11. The molecule has 0 spiro atoms. The van der Waals surface area contributed by atoms with Gasteiger partial charge in [-0.15, -0.1) is 0 Å². The molecule has 0 aliphatic heterocycles. The highest BCUT2D eigenvalue weighted by Crippen LogP contribution is 2.20. The Balaban J connectivity index is 1.36. The lowest BCUT2D eigenvalue weighted by Gasteiger charge is -2.11. The Hall–Kier alpha value is -3.64. The summed E-state index contributed by atoms with van der Waals surface area (Å²) >= 11 is 0. The third-order valence-corrected chi connectivity index (χ3v) is 5.04. The van der Waals surface area contributed by atoms with Crippen molar-refractivity contribution in [3.63, 3.8) is 0 Å². The van der Waals surface area contributed by atoms with Crippen molar-refractivity contribution in [3.05, 3.63) is 84.4 Å². The summed E-state index contributed by atoms with van der Waals surface area (Å²) in [6, 6.07) is 24.9. The molecule has 3 rings (SSSR count). The number of amides is 1. The number of hydrogen-bond donors (Lipinski definition) is 3. The van der Waals surface area contributed by atoms with Crippen molar-refractivity contribution in [3.8, 4) is 16.9 Å². The van der Waals surface area contributed by atoms with E-state index in [0.717, 1.165) is 19.3 Å². The monoisotopic (exact) mass is 432 g/mol. The van der Waals surface area contributed by atoms with Gasteiger partial charge in [0.25, 0.3) is 0 Å². The SMILES string of the molecule is N[C@@H](CC(=O)O)C(=O)Nc1ccc(OCCCCc2ccc(-c3ccccc3)cc2)cc1. The number of benzene rings is 3. The number of nitrogens with two attached hydrogens (primary N) is 1. The lowest BCUT2D eigenvalue weighted by atomic mass is 10.0. The number of carbonyl (C=O) groups is 2. The maximum atomic E-state index is 11.9. The molecule has 1 amide bonds. The topological polar surface area (TPSA) is 102 Å². The van der Waals surface area contributed by atoms with E-state index in [0.29, 0.717) is 18.0 Å². The van der Waals surface area contributed by atoms with Gasteiger partial charge in [0.05, 0.1) is 19.1 Å². The van der Waals surface area contributed by atoms with Gasteiger partial charge in [0.1, 0.15) is 5.75 Å². The third-order valence-electron chi connectivity index (χ3n) is 5.04.